The molecule has 4 aromatic rings. The van der Waals surface area contributed by atoms with Crippen molar-refractivity contribution in [1.29, 1.82) is 0 Å². The Morgan fingerprint density at radius 2 is 1.71 bits per heavy atom. The lowest BCUT2D eigenvalue weighted by Crippen LogP contribution is -2.53. The third kappa shape index (κ3) is 9.60. The number of ether oxygens (including phenoxy) is 1. The number of anilines is 1. The molecule has 56 heavy (non-hydrogen) atoms. The molecule has 0 saturated carbocycles. The number of thiophene rings is 1. The number of nitrogens with one attached hydrogen (secondary N) is 4. The number of piperidine rings is 1. The van der Waals surface area contributed by atoms with Gasteiger partial charge in [0.2, 0.25) is 5.91 Å². The van der Waals surface area contributed by atoms with E-state index in [0.29, 0.717) is 59.0 Å². The Morgan fingerprint density at radius 1 is 0.982 bits per heavy atom. The van der Waals surface area contributed by atoms with Gasteiger partial charge in [-0.2, -0.15) is 0 Å². The van der Waals surface area contributed by atoms with E-state index in [-0.39, 0.29) is 18.0 Å². The van der Waals surface area contributed by atoms with Gasteiger partial charge in [0.05, 0.1) is 24.1 Å². The first-order valence-corrected chi connectivity index (χ1v) is 20.0. The molecular weight excluding hydrogens is 758 g/mol. The minimum absolute atomic E-state index is 0.0179. The van der Waals surface area contributed by atoms with E-state index in [2.05, 4.69) is 36.4 Å². The molecule has 296 valence electrons. The zero-order chi connectivity index (χ0) is 39.8. The fourth-order valence-electron chi connectivity index (χ4n) is 6.76. The molecule has 17 heteroatoms. The number of halogens is 1. The lowest BCUT2D eigenvalue weighted by Gasteiger charge is -2.26. The van der Waals surface area contributed by atoms with Gasteiger partial charge in [0, 0.05) is 29.2 Å². The molecule has 0 radical (unpaired) electrons. The first-order valence-electron chi connectivity index (χ1n) is 18.8. The molecule has 1 fully saturated rings. The number of unbranched alkanes of at least 4 members (excludes halogenated alkanes) is 5. The molecule has 5 heterocycles. The second-order valence-electron chi connectivity index (χ2n) is 13.8. The third-order valence-corrected chi connectivity index (χ3v) is 11.3. The summed E-state index contributed by atoms with van der Waals surface area (Å²) >= 11 is 7.58. The van der Waals surface area contributed by atoms with Crippen molar-refractivity contribution in [2.45, 2.75) is 89.9 Å². The van der Waals surface area contributed by atoms with Crippen LogP contribution in [0.4, 0.5) is 5.82 Å². The highest BCUT2D eigenvalue weighted by atomic mass is 35.5. The van der Waals surface area contributed by atoms with Crippen molar-refractivity contribution in [3.05, 3.63) is 86.4 Å². The van der Waals surface area contributed by atoms with Crippen LogP contribution in [0.3, 0.4) is 0 Å². The van der Waals surface area contributed by atoms with Crippen LogP contribution in [-0.2, 0) is 14.3 Å². The number of amides is 3. The predicted molar refractivity (Wildman–Crippen MR) is 213 cm³/mol. The number of methoxy groups -OCH3 is 1. The smallest absolute Gasteiger partial charge is 0.308 e. The topological polar surface area (TPSA) is 202 Å². The van der Waals surface area contributed by atoms with Crippen LogP contribution in [0.25, 0.3) is 5.00 Å². The summed E-state index contributed by atoms with van der Waals surface area (Å²) in [4.78, 5) is 60.8. The van der Waals surface area contributed by atoms with Crippen molar-refractivity contribution in [2.24, 2.45) is 4.99 Å². The average Bonchev–Trinajstić information content (AvgIpc) is 3.69. The second kappa shape index (κ2) is 18.6. The molecule has 3 aromatic heterocycles. The van der Waals surface area contributed by atoms with Crippen LogP contribution in [0, 0.1) is 13.8 Å². The fourth-order valence-corrected chi connectivity index (χ4v) is 8.17. The maximum Gasteiger partial charge on any atom is 0.308 e. The van der Waals surface area contributed by atoms with Crippen molar-refractivity contribution >= 4 is 58.2 Å². The quantitative estimate of drug-likeness (QED) is 0.0762. The summed E-state index contributed by atoms with van der Waals surface area (Å²) < 4.78 is 6.86. The number of aromatic nitrogens is 4. The van der Waals surface area contributed by atoms with E-state index in [0.717, 1.165) is 60.2 Å². The van der Waals surface area contributed by atoms with Crippen molar-refractivity contribution in [1.82, 2.24) is 35.7 Å². The molecule has 5 N–H and O–H groups in total. The molecule has 2 aliphatic rings. The van der Waals surface area contributed by atoms with Crippen molar-refractivity contribution in [3.63, 3.8) is 0 Å². The first-order chi connectivity index (χ1) is 27.0. The van der Waals surface area contributed by atoms with Gasteiger partial charge in [0.15, 0.2) is 5.82 Å². The van der Waals surface area contributed by atoms with Crippen LogP contribution in [0.2, 0.25) is 5.02 Å². The minimum atomic E-state index is -0.881. The summed E-state index contributed by atoms with van der Waals surface area (Å²) in [6, 6.07) is 11.1. The molecule has 3 atom stereocenters. The van der Waals surface area contributed by atoms with Crippen LogP contribution in [0.15, 0.2) is 47.5 Å². The summed E-state index contributed by atoms with van der Waals surface area (Å²) in [6.07, 6.45) is 5.69. The number of fused-ring (bicyclic) bond motifs is 3. The van der Waals surface area contributed by atoms with Crippen LogP contribution in [0.1, 0.15) is 112 Å². The molecule has 6 rings (SSSR count). The highest BCUT2D eigenvalue weighted by Gasteiger charge is 2.34. The van der Waals surface area contributed by atoms with Gasteiger partial charge in [-0.15, -0.1) is 21.5 Å². The van der Waals surface area contributed by atoms with Crippen molar-refractivity contribution < 1.29 is 29.0 Å². The summed E-state index contributed by atoms with van der Waals surface area (Å²) in [7, 11) is 1.34. The molecule has 1 saturated heterocycles. The van der Waals surface area contributed by atoms with E-state index in [1.54, 1.807) is 30.3 Å². The number of aryl methyl sites for hydroxylation is 1. The number of benzene rings is 1. The van der Waals surface area contributed by atoms with Crippen LogP contribution >= 0.6 is 22.9 Å². The summed E-state index contributed by atoms with van der Waals surface area (Å²) in [5.41, 5.74) is 3.22. The Morgan fingerprint density at radius 3 is 2.45 bits per heavy atom. The molecule has 0 aliphatic carbocycles. The fraction of sp³-hybridized carbons (Fsp3) is 0.436. The van der Waals surface area contributed by atoms with Crippen LogP contribution in [-0.4, -0.2) is 86.7 Å². The monoisotopic (exact) mass is 803 g/mol. The lowest BCUT2D eigenvalue weighted by atomic mass is 9.99. The van der Waals surface area contributed by atoms with E-state index in [4.69, 9.17) is 21.3 Å². The number of nitrogens with zero attached hydrogens (tertiary/aromatic N) is 5. The maximum atomic E-state index is 13.6. The Kier molecular flexibility index (Phi) is 13.5. The lowest BCUT2D eigenvalue weighted by molar-refractivity contribution is -0.141. The molecule has 1 aromatic carbocycles. The van der Waals surface area contributed by atoms with Gasteiger partial charge in [0.1, 0.15) is 40.6 Å². The Hall–Kier alpha value is -5.19. The number of aliphatic hydroxyl groups is 1. The van der Waals surface area contributed by atoms with Gasteiger partial charge < -0.3 is 31.1 Å². The van der Waals surface area contributed by atoms with E-state index < -0.39 is 36.1 Å². The summed E-state index contributed by atoms with van der Waals surface area (Å²) in [5, 5.41) is 31.1. The largest absolute Gasteiger partial charge is 0.469 e. The van der Waals surface area contributed by atoms with Gasteiger partial charge in [0.25, 0.3) is 11.8 Å². The average molecular weight is 804 g/mol. The van der Waals surface area contributed by atoms with Crippen LogP contribution in [0.5, 0.6) is 0 Å². The van der Waals surface area contributed by atoms with Gasteiger partial charge >= 0.3 is 5.97 Å². The molecule has 15 nitrogen and oxygen atoms in total. The molecule has 2 aliphatic heterocycles. The molecule has 0 bridgehead atoms. The second-order valence-corrected chi connectivity index (χ2v) is 15.2. The Labute approximate surface area is 333 Å². The zero-order valence-electron chi connectivity index (χ0n) is 31.6. The van der Waals surface area contributed by atoms with Crippen molar-refractivity contribution in [2.75, 3.05) is 25.5 Å². The number of hydrogen-bond donors (Lipinski definition) is 5. The Balaban J connectivity index is 0.974. The molecule has 2 unspecified atom stereocenters. The number of carbonyl (C=O) groups is 4. The third-order valence-electron chi connectivity index (χ3n) is 9.75. The zero-order valence-corrected chi connectivity index (χ0v) is 33.1. The standard InChI is InChI=1S/C39H46ClN9O6S/c1-22-32-33(24-13-15-25(40)16-14-24)44-28(21-31(51)55-3)35-48-47-23(2)49(35)39(32)56-34(22)38(54)42-20-9-7-5-4-6-8-19-41-29-12-10-11-26(43-29)36(52)45-27-17-18-30(50)46-37(27)53/h10-16,27-28,30,50H,4-9,17-21H2,1-3H3,(H,41,43)(H,42,54)(H,45,52)(H,46,53)/t27?,28-,30?/m0/s1. The normalized spacial score (nSPS) is 17.5. The summed E-state index contributed by atoms with van der Waals surface area (Å²) in [6.45, 7) is 5.00. The highest BCUT2D eigenvalue weighted by Crippen LogP contribution is 2.40. The summed E-state index contributed by atoms with van der Waals surface area (Å²) in [5.74, 6) is 0.287. The number of pyridine rings is 1. The number of carbonyl (C=O) groups excluding carboxylic acids is 4. The van der Waals surface area contributed by atoms with Crippen LogP contribution < -0.4 is 21.3 Å². The Bertz CT molecular complexity index is 2100. The SMILES string of the molecule is COC(=O)C[C@@H]1N=C(c2ccc(Cl)cc2)c2c(sc(C(=O)NCCCCCCCCNc3cccc(C(=O)NC4CCC(O)NC4=O)n3)c2C)-n2c(C)nnc21. The number of esters is 1. The van der Waals surface area contributed by atoms with E-state index in [9.17, 15) is 24.3 Å². The van der Waals surface area contributed by atoms with Crippen molar-refractivity contribution in [3.8, 4) is 5.00 Å². The first kappa shape index (κ1) is 40.5. The van der Waals surface area contributed by atoms with Gasteiger partial charge in [-0.3, -0.25) is 28.7 Å². The number of aliphatic hydroxyl groups excluding tert-OH is 1. The van der Waals surface area contributed by atoms with Gasteiger partial charge in [-0.1, -0.05) is 55.5 Å². The maximum absolute atomic E-state index is 13.6. The van der Waals surface area contributed by atoms with Gasteiger partial charge in [-0.25, -0.2) is 4.98 Å². The molecular formula is C39H46ClN9O6S. The number of hydrogen-bond acceptors (Lipinski definition) is 12. The minimum Gasteiger partial charge on any atom is -0.469 e. The van der Waals surface area contributed by atoms with E-state index in [1.165, 1.54) is 18.4 Å². The number of rotatable bonds is 16. The van der Waals surface area contributed by atoms with E-state index in [1.807, 2.05) is 30.5 Å². The molecule has 0 spiro atoms. The molecule has 3 amide bonds. The predicted octanol–water partition coefficient (Wildman–Crippen LogP) is 4.96. The van der Waals surface area contributed by atoms with E-state index >= 15 is 0 Å². The number of aliphatic imine (C=N–C) groups is 1. The highest BCUT2D eigenvalue weighted by molar-refractivity contribution is 7.17. The van der Waals surface area contributed by atoms with Gasteiger partial charge in [-0.05, 0) is 69.4 Å².